The first-order valence-electron chi connectivity index (χ1n) is 9.95. The third-order valence-corrected chi connectivity index (χ3v) is 6.89. The summed E-state index contributed by atoms with van der Waals surface area (Å²) < 4.78 is 29.2. The van der Waals surface area contributed by atoms with Crippen LogP contribution < -0.4 is 10.3 Å². The van der Waals surface area contributed by atoms with Crippen molar-refractivity contribution in [3.63, 3.8) is 0 Å². The molecule has 0 bridgehead atoms. The Balaban J connectivity index is 1.76. The Morgan fingerprint density at radius 2 is 1.81 bits per heavy atom. The Morgan fingerprint density at radius 1 is 1.03 bits per heavy atom. The number of para-hydroxylation sites is 1. The summed E-state index contributed by atoms with van der Waals surface area (Å²) in [6.45, 7) is 5.48. The highest BCUT2D eigenvalue weighted by molar-refractivity contribution is 7.89. The average molecular weight is 437 g/mol. The van der Waals surface area contributed by atoms with E-state index >= 15 is 0 Å². The van der Waals surface area contributed by atoms with Gasteiger partial charge in [-0.25, -0.2) is 18.1 Å². The predicted octanol–water partition coefficient (Wildman–Crippen LogP) is 3.44. The van der Waals surface area contributed by atoms with Gasteiger partial charge in [0.2, 0.25) is 10.0 Å². The van der Waals surface area contributed by atoms with E-state index in [2.05, 4.69) is 19.7 Å². The monoisotopic (exact) mass is 436 g/mol. The molecule has 3 N–H and O–H groups in total. The largest absolute Gasteiger partial charge is 0.361 e. The van der Waals surface area contributed by atoms with E-state index in [9.17, 15) is 13.2 Å². The molecule has 0 amide bonds. The molecule has 31 heavy (non-hydrogen) atoms. The SMILES string of the molecule is Cc1nc([C@H](Cc2c[nH]c3ccccc23)NS(=O)(=O)c2ccc(C)c(C)c2)cc(=O)[nH]1. The van der Waals surface area contributed by atoms with E-state index in [0.29, 0.717) is 17.9 Å². The molecule has 2 aromatic carbocycles. The summed E-state index contributed by atoms with van der Waals surface area (Å²) >= 11 is 0. The molecular weight excluding hydrogens is 412 g/mol. The molecule has 1 atom stereocenters. The van der Waals surface area contributed by atoms with Gasteiger partial charge in [-0.3, -0.25) is 4.79 Å². The molecule has 0 aliphatic heterocycles. The number of benzene rings is 2. The number of hydrogen-bond acceptors (Lipinski definition) is 4. The van der Waals surface area contributed by atoms with Crippen molar-refractivity contribution in [2.45, 2.75) is 38.1 Å². The molecule has 0 aliphatic rings. The maximum atomic E-state index is 13.2. The molecule has 0 saturated carbocycles. The third-order valence-electron chi connectivity index (χ3n) is 5.42. The fourth-order valence-electron chi connectivity index (χ4n) is 3.64. The number of aromatic nitrogens is 3. The fourth-order valence-corrected chi connectivity index (χ4v) is 4.94. The second-order valence-electron chi connectivity index (χ2n) is 7.74. The summed E-state index contributed by atoms with van der Waals surface area (Å²) in [5.41, 5.74) is 3.85. The van der Waals surface area contributed by atoms with E-state index < -0.39 is 16.1 Å². The zero-order chi connectivity index (χ0) is 22.2. The van der Waals surface area contributed by atoms with Crippen LogP contribution in [-0.2, 0) is 16.4 Å². The van der Waals surface area contributed by atoms with Gasteiger partial charge in [0.25, 0.3) is 5.56 Å². The van der Waals surface area contributed by atoms with Crippen LogP contribution in [0.3, 0.4) is 0 Å². The standard InChI is InChI=1S/C23H24N4O3S/c1-14-8-9-18(10-15(14)2)31(29,30)27-22(21-12-23(28)26-16(3)25-21)11-17-13-24-20-7-5-4-6-19(17)20/h4-10,12-13,22,24,27H,11H2,1-3H3,(H,25,26,28)/t22-/m0/s1. The van der Waals surface area contributed by atoms with Crippen LogP contribution >= 0.6 is 0 Å². The number of nitrogens with zero attached hydrogens (tertiary/aromatic N) is 1. The second-order valence-corrected chi connectivity index (χ2v) is 9.45. The molecular formula is C23H24N4O3S. The topological polar surface area (TPSA) is 108 Å². The third kappa shape index (κ3) is 4.45. The Labute approximate surface area is 180 Å². The molecule has 4 rings (SSSR count). The highest BCUT2D eigenvalue weighted by Gasteiger charge is 2.25. The Kier molecular flexibility index (Phi) is 5.51. The quantitative estimate of drug-likeness (QED) is 0.430. The van der Waals surface area contributed by atoms with Crippen molar-refractivity contribution in [3.8, 4) is 0 Å². The van der Waals surface area contributed by atoms with Crippen molar-refractivity contribution in [1.82, 2.24) is 19.7 Å². The maximum absolute atomic E-state index is 13.2. The van der Waals surface area contributed by atoms with Gasteiger partial charge in [0.1, 0.15) is 5.82 Å². The summed E-state index contributed by atoms with van der Waals surface area (Å²) in [4.78, 5) is 22.5. The number of nitrogens with one attached hydrogen (secondary N) is 3. The minimum absolute atomic E-state index is 0.182. The molecule has 0 unspecified atom stereocenters. The van der Waals surface area contributed by atoms with Gasteiger partial charge in [-0.15, -0.1) is 0 Å². The molecule has 0 fully saturated rings. The molecule has 2 aromatic heterocycles. The number of rotatable bonds is 6. The number of sulfonamides is 1. The van der Waals surface area contributed by atoms with Crippen LogP contribution in [0.1, 0.15) is 34.3 Å². The van der Waals surface area contributed by atoms with E-state index in [1.54, 1.807) is 25.1 Å². The van der Waals surface area contributed by atoms with Crippen molar-refractivity contribution in [3.05, 3.63) is 93.3 Å². The highest BCUT2D eigenvalue weighted by atomic mass is 32.2. The van der Waals surface area contributed by atoms with Crippen molar-refractivity contribution in [1.29, 1.82) is 0 Å². The summed E-state index contributed by atoms with van der Waals surface area (Å²) in [6.07, 6.45) is 2.20. The maximum Gasteiger partial charge on any atom is 0.251 e. The smallest absolute Gasteiger partial charge is 0.251 e. The van der Waals surface area contributed by atoms with Crippen molar-refractivity contribution < 1.29 is 8.42 Å². The summed E-state index contributed by atoms with van der Waals surface area (Å²) in [6, 6.07) is 13.5. The molecule has 7 nitrogen and oxygen atoms in total. The Hall–Kier alpha value is -3.23. The lowest BCUT2D eigenvalue weighted by molar-refractivity contribution is 0.548. The molecule has 160 valence electrons. The molecule has 0 radical (unpaired) electrons. The number of aromatic amines is 2. The fraction of sp³-hybridized carbons (Fsp3) is 0.217. The van der Waals surface area contributed by atoms with Gasteiger partial charge in [0.15, 0.2) is 0 Å². The first kappa shape index (κ1) is 21.0. The van der Waals surface area contributed by atoms with Gasteiger partial charge < -0.3 is 9.97 Å². The van der Waals surface area contributed by atoms with E-state index in [1.807, 2.05) is 44.3 Å². The first-order valence-corrected chi connectivity index (χ1v) is 11.4. The van der Waals surface area contributed by atoms with E-state index in [-0.39, 0.29) is 10.5 Å². The lowest BCUT2D eigenvalue weighted by Crippen LogP contribution is -2.32. The zero-order valence-electron chi connectivity index (χ0n) is 17.6. The van der Waals surface area contributed by atoms with Crippen LogP contribution in [0, 0.1) is 20.8 Å². The van der Waals surface area contributed by atoms with Crippen LogP contribution in [0.15, 0.2) is 64.4 Å². The molecule has 2 heterocycles. The lowest BCUT2D eigenvalue weighted by atomic mass is 10.0. The molecule has 8 heteroatoms. The zero-order valence-corrected chi connectivity index (χ0v) is 18.4. The van der Waals surface area contributed by atoms with Crippen LogP contribution in [0.2, 0.25) is 0 Å². The molecule has 4 aromatic rings. The van der Waals surface area contributed by atoms with Crippen molar-refractivity contribution in [2.75, 3.05) is 0 Å². The van der Waals surface area contributed by atoms with Gasteiger partial charge in [0.05, 0.1) is 16.6 Å². The first-order chi connectivity index (χ1) is 14.7. The Morgan fingerprint density at radius 3 is 2.55 bits per heavy atom. The number of hydrogen-bond donors (Lipinski definition) is 3. The van der Waals surface area contributed by atoms with Gasteiger partial charge in [-0.05, 0) is 62.1 Å². The molecule has 0 spiro atoms. The van der Waals surface area contributed by atoms with Gasteiger partial charge in [-0.1, -0.05) is 24.3 Å². The number of fused-ring (bicyclic) bond motifs is 1. The minimum Gasteiger partial charge on any atom is -0.361 e. The van der Waals surface area contributed by atoms with Crippen molar-refractivity contribution in [2.24, 2.45) is 0 Å². The Bertz CT molecular complexity index is 1420. The van der Waals surface area contributed by atoms with Gasteiger partial charge in [-0.2, -0.15) is 0 Å². The van der Waals surface area contributed by atoms with E-state index in [4.69, 9.17) is 0 Å². The van der Waals surface area contributed by atoms with E-state index in [1.165, 1.54) is 6.07 Å². The molecule has 0 aliphatic carbocycles. The summed E-state index contributed by atoms with van der Waals surface area (Å²) in [5.74, 6) is 0.428. The number of aryl methyl sites for hydroxylation is 3. The van der Waals surface area contributed by atoms with Gasteiger partial charge in [0, 0.05) is 23.2 Å². The van der Waals surface area contributed by atoms with Crippen LogP contribution in [0.4, 0.5) is 0 Å². The number of H-pyrrole nitrogens is 2. The van der Waals surface area contributed by atoms with Gasteiger partial charge >= 0.3 is 0 Å². The van der Waals surface area contributed by atoms with Crippen molar-refractivity contribution >= 4 is 20.9 Å². The lowest BCUT2D eigenvalue weighted by Gasteiger charge is -2.19. The minimum atomic E-state index is -3.84. The van der Waals surface area contributed by atoms with Crippen LogP contribution in [-0.4, -0.2) is 23.4 Å². The van der Waals surface area contributed by atoms with Crippen LogP contribution in [0.25, 0.3) is 10.9 Å². The molecule has 0 saturated heterocycles. The normalized spacial score (nSPS) is 12.9. The average Bonchev–Trinajstić information content (AvgIpc) is 3.11. The summed E-state index contributed by atoms with van der Waals surface area (Å²) in [7, 11) is -3.84. The summed E-state index contributed by atoms with van der Waals surface area (Å²) in [5, 5.41) is 0.999. The van der Waals surface area contributed by atoms with Crippen LogP contribution in [0.5, 0.6) is 0 Å². The second kappa shape index (κ2) is 8.13. The predicted molar refractivity (Wildman–Crippen MR) is 121 cm³/mol. The highest BCUT2D eigenvalue weighted by Crippen LogP contribution is 2.25. The van der Waals surface area contributed by atoms with E-state index in [0.717, 1.165) is 27.6 Å².